The van der Waals surface area contributed by atoms with E-state index in [1.165, 1.54) is 19.3 Å². The molecule has 1 N–H and O–H groups in total. The lowest BCUT2D eigenvalue weighted by Gasteiger charge is -2.35. The number of nitrogens with one attached hydrogen (secondary N) is 1. The first-order chi connectivity index (χ1) is 8.44. The Kier molecular flexibility index (Phi) is 6.60. The summed E-state index contributed by atoms with van der Waals surface area (Å²) in [6.07, 6.45) is 4.86. The van der Waals surface area contributed by atoms with Crippen molar-refractivity contribution in [1.82, 2.24) is 9.62 Å². The molecule has 0 radical (unpaired) electrons. The van der Waals surface area contributed by atoms with Crippen LogP contribution in [0.25, 0.3) is 0 Å². The van der Waals surface area contributed by atoms with Gasteiger partial charge in [0.15, 0.2) is 0 Å². The van der Waals surface area contributed by atoms with Gasteiger partial charge in [-0.1, -0.05) is 20.3 Å². The van der Waals surface area contributed by atoms with Crippen LogP contribution in [0.2, 0.25) is 0 Å². The van der Waals surface area contributed by atoms with Gasteiger partial charge in [-0.25, -0.2) is 13.1 Å². The minimum absolute atomic E-state index is 0.168. The van der Waals surface area contributed by atoms with Gasteiger partial charge in [0.25, 0.3) is 0 Å². The maximum atomic E-state index is 11.5. The van der Waals surface area contributed by atoms with Crippen molar-refractivity contribution >= 4 is 10.0 Å². The molecular weight excluding hydrogens is 248 g/mol. The van der Waals surface area contributed by atoms with Crippen LogP contribution in [-0.2, 0) is 10.0 Å². The molecule has 0 aromatic heterocycles. The monoisotopic (exact) mass is 276 g/mol. The highest BCUT2D eigenvalue weighted by molar-refractivity contribution is 7.89. The second kappa shape index (κ2) is 7.46. The fourth-order valence-corrected chi connectivity index (χ4v) is 3.16. The molecule has 0 aromatic rings. The fraction of sp³-hybridized carbons (Fsp3) is 1.00. The summed E-state index contributed by atoms with van der Waals surface area (Å²) in [5, 5.41) is 0. The van der Waals surface area contributed by atoms with Gasteiger partial charge in [-0.3, -0.25) is 4.90 Å². The molecule has 1 heterocycles. The number of rotatable bonds is 7. The minimum Gasteiger partial charge on any atom is -0.299 e. The number of sulfonamides is 1. The molecule has 1 saturated heterocycles. The van der Waals surface area contributed by atoms with Crippen molar-refractivity contribution in [3.63, 3.8) is 0 Å². The molecule has 1 aliphatic heterocycles. The van der Waals surface area contributed by atoms with E-state index in [4.69, 9.17) is 0 Å². The maximum Gasteiger partial charge on any atom is 0.211 e. The van der Waals surface area contributed by atoms with Crippen LogP contribution in [0.1, 0.15) is 46.5 Å². The Bertz CT molecular complexity index is 322. The minimum atomic E-state index is -3.07. The van der Waals surface area contributed by atoms with Crippen molar-refractivity contribution in [1.29, 1.82) is 0 Å². The van der Waals surface area contributed by atoms with Crippen molar-refractivity contribution < 1.29 is 8.42 Å². The SMILES string of the molecule is CCS(=O)(=O)NCC(CC(C)C)N1CCCCC1. The molecule has 4 nitrogen and oxygen atoms in total. The van der Waals surface area contributed by atoms with E-state index >= 15 is 0 Å². The average Bonchev–Trinajstić information content (AvgIpc) is 2.35. The lowest BCUT2D eigenvalue weighted by molar-refractivity contribution is 0.146. The quantitative estimate of drug-likeness (QED) is 0.772. The predicted octanol–water partition coefficient (Wildman–Crippen LogP) is 1.83. The normalized spacial score (nSPS) is 20.2. The van der Waals surface area contributed by atoms with Gasteiger partial charge in [0.1, 0.15) is 0 Å². The summed E-state index contributed by atoms with van der Waals surface area (Å²) in [5.41, 5.74) is 0. The zero-order valence-electron chi connectivity index (χ0n) is 12.0. The molecule has 1 rings (SSSR count). The summed E-state index contributed by atoms with van der Waals surface area (Å²) in [4.78, 5) is 2.46. The first kappa shape index (κ1) is 15.9. The summed E-state index contributed by atoms with van der Waals surface area (Å²) >= 11 is 0. The van der Waals surface area contributed by atoms with E-state index in [1.807, 2.05) is 0 Å². The van der Waals surface area contributed by atoms with Crippen molar-refractivity contribution in [3.8, 4) is 0 Å². The molecule has 0 aromatic carbocycles. The molecule has 1 aliphatic rings. The number of nitrogens with zero attached hydrogens (tertiary/aromatic N) is 1. The molecular formula is C13H28N2O2S. The Labute approximate surface area is 112 Å². The van der Waals surface area contributed by atoms with Gasteiger partial charge in [-0.2, -0.15) is 0 Å². The van der Waals surface area contributed by atoms with Crippen molar-refractivity contribution in [3.05, 3.63) is 0 Å². The van der Waals surface area contributed by atoms with E-state index in [2.05, 4.69) is 23.5 Å². The number of hydrogen-bond acceptors (Lipinski definition) is 3. The molecule has 0 bridgehead atoms. The summed E-state index contributed by atoms with van der Waals surface area (Å²) in [7, 11) is -3.07. The number of hydrogen-bond donors (Lipinski definition) is 1. The van der Waals surface area contributed by atoms with Gasteiger partial charge in [-0.05, 0) is 45.2 Å². The van der Waals surface area contributed by atoms with Crippen LogP contribution < -0.4 is 4.72 Å². The summed E-state index contributed by atoms with van der Waals surface area (Å²) < 4.78 is 25.8. The summed E-state index contributed by atoms with van der Waals surface area (Å²) in [6.45, 7) is 8.88. The van der Waals surface area contributed by atoms with E-state index in [9.17, 15) is 8.42 Å². The molecule has 1 unspecified atom stereocenters. The third-order valence-electron chi connectivity index (χ3n) is 3.57. The topological polar surface area (TPSA) is 49.4 Å². The number of likely N-dealkylation sites (tertiary alicyclic amines) is 1. The molecule has 108 valence electrons. The standard InChI is InChI=1S/C13H28N2O2S/c1-4-18(16,17)14-11-13(10-12(2)3)15-8-6-5-7-9-15/h12-14H,4-11H2,1-3H3. The zero-order valence-corrected chi connectivity index (χ0v) is 12.8. The lowest BCUT2D eigenvalue weighted by Crippen LogP contribution is -2.46. The fourth-order valence-electron chi connectivity index (χ4n) is 2.51. The molecule has 0 saturated carbocycles. The lowest BCUT2D eigenvalue weighted by atomic mass is 10.00. The summed E-state index contributed by atoms with van der Waals surface area (Å²) in [5.74, 6) is 0.768. The Balaban J connectivity index is 2.54. The molecule has 1 atom stereocenters. The highest BCUT2D eigenvalue weighted by Crippen LogP contribution is 2.17. The smallest absolute Gasteiger partial charge is 0.211 e. The Morgan fingerprint density at radius 2 is 1.78 bits per heavy atom. The highest BCUT2D eigenvalue weighted by atomic mass is 32.2. The predicted molar refractivity (Wildman–Crippen MR) is 76.1 cm³/mol. The first-order valence-electron chi connectivity index (χ1n) is 7.16. The number of piperidine rings is 1. The third kappa shape index (κ3) is 5.67. The van der Waals surface area contributed by atoms with Crippen LogP contribution in [-0.4, -0.2) is 44.7 Å². The van der Waals surface area contributed by atoms with E-state index in [0.29, 0.717) is 18.5 Å². The van der Waals surface area contributed by atoms with Crippen LogP contribution >= 0.6 is 0 Å². The van der Waals surface area contributed by atoms with E-state index in [0.717, 1.165) is 19.5 Å². The average molecular weight is 276 g/mol. The Morgan fingerprint density at radius 1 is 1.17 bits per heavy atom. The largest absolute Gasteiger partial charge is 0.299 e. The van der Waals surface area contributed by atoms with Gasteiger partial charge < -0.3 is 0 Å². The molecule has 1 fully saturated rings. The van der Waals surface area contributed by atoms with Crippen LogP contribution in [0.5, 0.6) is 0 Å². The van der Waals surface area contributed by atoms with Crippen LogP contribution in [0.3, 0.4) is 0 Å². The van der Waals surface area contributed by atoms with E-state index < -0.39 is 10.0 Å². The molecule has 5 heteroatoms. The maximum absolute atomic E-state index is 11.5. The first-order valence-corrected chi connectivity index (χ1v) is 8.81. The second-order valence-corrected chi connectivity index (χ2v) is 7.73. The summed E-state index contributed by atoms with van der Waals surface area (Å²) in [6, 6.07) is 0.353. The van der Waals surface area contributed by atoms with Crippen LogP contribution in [0, 0.1) is 5.92 Å². The van der Waals surface area contributed by atoms with Crippen LogP contribution in [0.4, 0.5) is 0 Å². The molecule has 18 heavy (non-hydrogen) atoms. The molecule has 0 spiro atoms. The Morgan fingerprint density at radius 3 is 2.28 bits per heavy atom. The second-order valence-electron chi connectivity index (χ2n) is 5.63. The van der Waals surface area contributed by atoms with Crippen molar-refractivity contribution in [2.45, 2.75) is 52.5 Å². The molecule has 0 amide bonds. The third-order valence-corrected chi connectivity index (χ3v) is 4.94. The van der Waals surface area contributed by atoms with Crippen LogP contribution in [0.15, 0.2) is 0 Å². The molecule has 0 aliphatic carbocycles. The van der Waals surface area contributed by atoms with Gasteiger partial charge in [-0.15, -0.1) is 0 Å². The van der Waals surface area contributed by atoms with Gasteiger partial charge >= 0.3 is 0 Å². The van der Waals surface area contributed by atoms with E-state index in [-0.39, 0.29) is 5.75 Å². The zero-order chi connectivity index (χ0) is 13.6. The van der Waals surface area contributed by atoms with Crippen molar-refractivity contribution in [2.24, 2.45) is 5.92 Å². The Hall–Kier alpha value is -0.130. The van der Waals surface area contributed by atoms with Gasteiger partial charge in [0.2, 0.25) is 10.0 Å². The van der Waals surface area contributed by atoms with Gasteiger partial charge in [0.05, 0.1) is 5.75 Å². The highest BCUT2D eigenvalue weighted by Gasteiger charge is 2.22. The van der Waals surface area contributed by atoms with E-state index in [1.54, 1.807) is 6.92 Å². The van der Waals surface area contributed by atoms with Gasteiger partial charge in [0, 0.05) is 12.6 Å². The van der Waals surface area contributed by atoms with Crippen molar-refractivity contribution in [2.75, 3.05) is 25.4 Å².